The van der Waals surface area contributed by atoms with E-state index in [0.29, 0.717) is 0 Å². The van der Waals surface area contributed by atoms with Gasteiger partial charge in [-0.1, -0.05) is 152 Å². The Morgan fingerprint density at radius 1 is 0.327 bits per heavy atom. The highest BCUT2D eigenvalue weighted by Gasteiger charge is 2.24. The van der Waals surface area contributed by atoms with Crippen LogP contribution < -0.4 is 4.90 Å². The molecule has 0 amide bonds. The molecule has 0 bridgehead atoms. The van der Waals surface area contributed by atoms with Gasteiger partial charge in [-0.25, -0.2) is 0 Å². The molecule has 0 spiro atoms. The number of fused-ring (bicyclic) bond motifs is 8. The maximum atomic E-state index is 6.89. The van der Waals surface area contributed by atoms with Gasteiger partial charge in [0.25, 0.3) is 0 Å². The van der Waals surface area contributed by atoms with Gasteiger partial charge in [-0.15, -0.1) is 0 Å². The van der Waals surface area contributed by atoms with E-state index in [1.807, 2.05) is 12.1 Å². The zero-order valence-electron chi connectivity index (χ0n) is 29.8. The quantitative estimate of drug-likeness (QED) is 0.173. The Morgan fingerprint density at radius 3 is 1.69 bits per heavy atom. The lowest BCUT2D eigenvalue weighted by Crippen LogP contribution is -2.11. The average Bonchev–Trinajstić information content (AvgIpc) is 3.84. The summed E-state index contributed by atoms with van der Waals surface area (Å²) in [4.78, 5) is 2.35. The molecule has 0 saturated heterocycles. The fourth-order valence-electron chi connectivity index (χ4n) is 8.30. The SMILES string of the molecule is c1ccc(-c2ccc(N(c3ccc(-c4cccc5c4oc4ccccc45)cc3)c3ccc4c(oc5ccc6ccccc6c54)c3-c3ccccc3)cc2)cc1. The molecule has 0 unspecified atom stereocenters. The summed E-state index contributed by atoms with van der Waals surface area (Å²) < 4.78 is 13.3. The zero-order valence-corrected chi connectivity index (χ0v) is 29.8. The van der Waals surface area contributed by atoms with Gasteiger partial charge < -0.3 is 13.7 Å². The van der Waals surface area contributed by atoms with Gasteiger partial charge >= 0.3 is 0 Å². The van der Waals surface area contributed by atoms with Crippen LogP contribution in [-0.4, -0.2) is 0 Å². The lowest BCUT2D eigenvalue weighted by Gasteiger charge is -2.28. The Labute approximate surface area is 317 Å². The fraction of sp³-hybridized carbons (Fsp3) is 0. The predicted octanol–water partition coefficient (Wildman–Crippen LogP) is 15.1. The minimum Gasteiger partial charge on any atom is -0.455 e. The molecule has 3 nitrogen and oxygen atoms in total. The van der Waals surface area contributed by atoms with Crippen molar-refractivity contribution in [1.82, 2.24) is 0 Å². The van der Waals surface area contributed by atoms with Crippen LogP contribution in [0.5, 0.6) is 0 Å². The molecular weight excluding hydrogens is 671 g/mol. The Balaban J connectivity index is 1.13. The Bertz CT molecular complexity index is 3180. The van der Waals surface area contributed by atoms with E-state index in [-0.39, 0.29) is 0 Å². The number of furan rings is 2. The summed E-state index contributed by atoms with van der Waals surface area (Å²) >= 11 is 0. The third kappa shape index (κ3) is 5.13. The highest BCUT2D eigenvalue weighted by molar-refractivity contribution is 6.22. The third-order valence-electron chi connectivity index (χ3n) is 10.9. The van der Waals surface area contributed by atoms with Gasteiger partial charge in [0.1, 0.15) is 22.3 Å². The first-order valence-electron chi connectivity index (χ1n) is 18.7. The standard InChI is InChI=1S/C52H33NO2/c1-3-12-34(13-4-1)35-22-27-39(28-23-35)53(40-29-24-37(25-30-40)42-19-11-20-44-43-18-9-10-21-47(43)54-51(42)44)46-32-31-45-50-41-17-8-7-14-36(41)26-33-48(50)55-52(45)49(46)38-15-5-2-6-16-38/h1-33H. The van der Waals surface area contributed by atoms with Crippen LogP contribution in [0.1, 0.15) is 0 Å². The van der Waals surface area contributed by atoms with Crippen molar-refractivity contribution in [3.63, 3.8) is 0 Å². The van der Waals surface area contributed by atoms with Crippen LogP contribution in [-0.2, 0) is 0 Å². The van der Waals surface area contributed by atoms with Crippen LogP contribution >= 0.6 is 0 Å². The van der Waals surface area contributed by atoms with E-state index in [2.05, 4.69) is 193 Å². The summed E-state index contributed by atoms with van der Waals surface area (Å²) in [6.45, 7) is 0. The summed E-state index contributed by atoms with van der Waals surface area (Å²) in [5, 5.41) is 6.87. The maximum Gasteiger partial charge on any atom is 0.145 e. The lowest BCUT2D eigenvalue weighted by atomic mass is 9.96. The van der Waals surface area contributed by atoms with Gasteiger partial charge in [-0.3, -0.25) is 0 Å². The lowest BCUT2D eigenvalue weighted by molar-refractivity contribution is 0.669. The molecule has 0 N–H and O–H groups in total. The Hall–Kier alpha value is -7.36. The van der Waals surface area contributed by atoms with Crippen LogP contribution in [0.3, 0.4) is 0 Å². The third-order valence-corrected chi connectivity index (χ3v) is 10.9. The number of anilines is 3. The van der Waals surface area contributed by atoms with Gasteiger partial charge in [0.2, 0.25) is 0 Å². The van der Waals surface area contributed by atoms with E-state index in [9.17, 15) is 0 Å². The molecule has 0 aliphatic carbocycles. The minimum absolute atomic E-state index is 0.870. The smallest absolute Gasteiger partial charge is 0.145 e. The maximum absolute atomic E-state index is 6.89. The topological polar surface area (TPSA) is 29.5 Å². The molecule has 0 fully saturated rings. The number of benzene rings is 9. The molecule has 2 aromatic heterocycles. The minimum atomic E-state index is 0.870. The monoisotopic (exact) mass is 703 g/mol. The second-order valence-corrected chi connectivity index (χ2v) is 14.0. The second-order valence-electron chi connectivity index (χ2n) is 14.0. The van der Waals surface area contributed by atoms with Gasteiger partial charge in [0.05, 0.1) is 5.69 Å². The molecule has 0 aliphatic rings. The van der Waals surface area contributed by atoms with E-state index < -0.39 is 0 Å². The number of hydrogen-bond donors (Lipinski definition) is 0. The van der Waals surface area contributed by atoms with Gasteiger partial charge in [-0.2, -0.15) is 0 Å². The van der Waals surface area contributed by atoms with Crippen molar-refractivity contribution in [1.29, 1.82) is 0 Å². The molecule has 258 valence electrons. The van der Waals surface area contributed by atoms with Crippen molar-refractivity contribution in [3.8, 4) is 33.4 Å². The molecule has 11 aromatic rings. The summed E-state index contributed by atoms with van der Waals surface area (Å²) in [6.07, 6.45) is 0. The second kappa shape index (κ2) is 12.6. The molecule has 2 heterocycles. The van der Waals surface area contributed by atoms with Crippen LogP contribution in [0.4, 0.5) is 17.1 Å². The normalized spacial score (nSPS) is 11.6. The molecule has 55 heavy (non-hydrogen) atoms. The number of nitrogens with zero attached hydrogens (tertiary/aromatic N) is 1. The summed E-state index contributed by atoms with van der Waals surface area (Å²) in [5.74, 6) is 0. The molecule has 0 aliphatic heterocycles. The Kier molecular flexibility index (Phi) is 7.17. The van der Waals surface area contributed by atoms with Crippen molar-refractivity contribution >= 4 is 71.7 Å². The molecule has 0 saturated carbocycles. The average molecular weight is 704 g/mol. The number of hydrogen-bond acceptors (Lipinski definition) is 3. The fourth-order valence-corrected chi connectivity index (χ4v) is 8.30. The van der Waals surface area contributed by atoms with Crippen LogP contribution in [0.15, 0.2) is 209 Å². The van der Waals surface area contributed by atoms with Crippen molar-refractivity contribution in [3.05, 3.63) is 200 Å². The largest absolute Gasteiger partial charge is 0.455 e. The first-order valence-corrected chi connectivity index (χ1v) is 18.7. The molecular formula is C52H33NO2. The molecule has 0 atom stereocenters. The van der Waals surface area contributed by atoms with Gasteiger partial charge in [0, 0.05) is 44.0 Å². The molecule has 9 aromatic carbocycles. The highest BCUT2D eigenvalue weighted by Crippen LogP contribution is 2.48. The van der Waals surface area contributed by atoms with E-state index in [0.717, 1.165) is 83.2 Å². The molecule has 11 rings (SSSR count). The van der Waals surface area contributed by atoms with Crippen molar-refractivity contribution in [2.45, 2.75) is 0 Å². The summed E-state index contributed by atoms with van der Waals surface area (Å²) in [7, 11) is 0. The Morgan fingerprint density at radius 2 is 0.927 bits per heavy atom. The van der Waals surface area contributed by atoms with E-state index in [4.69, 9.17) is 8.83 Å². The van der Waals surface area contributed by atoms with Crippen molar-refractivity contribution in [2.24, 2.45) is 0 Å². The number of rotatable bonds is 6. The first-order chi connectivity index (χ1) is 27.3. The molecule has 0 radical (unpaired) electrons. The van der Waals surface area contributed by atoms with Gasteiger partial charge in [0.15, 0.2) is 0 Å². The first kappa shape index (κ1) is 31.2. The van der Waals surface area contributed by atoms with E-state index >= 15 is 0 Å². The zero-order chi connectivity index (χ0) is 36.3. The predicted molar refractivity (Wildman–Crippen MR) is 229 cm³/mol. The van der Waals surface area contributed by atoms with Crippen molar-refractivity contribution in [2.75, 3.05) is 4.90 Å². The van der Waals surface area contributed by atoms with Crippen LogP contribution in [0, 0.1) is 0 Å². The van der Waals surface area contributed by atoms with Crippen LogP contribution in [0.25, 0.3) is 88.0 Å². The van der Waals surface area contributed by atoms with Crippen molar-refractivity contribution < 1.29 is 8.83 Å². The van der Waals surface area contributed by atoms with E-state index in [1.165, 1.54) is 21.9 Å². The van der Waals surface area contributed by atoms with Crippen LogP contribution in [0.2, 0.25) is 0 Å². The summed E-state index contributed by atoms with van der Waals surface area (Å²) in [6, 6.07) is 70.8. The highest BCUT2D eigenvalue weighted by atomic mass is 16.3. The van der Waals surface area contributed by atoms with E-state index in [1.54, 1.807) is 0 Å². The number of para-hydroxylation sites is 2. The van der Waals surface area contributed by atoms with Gasteiger partial charge in [-0.05, 0) is 81.6 Å². The molecule has 3 heteroatoms. The summed E-state index contributed by atoms with van der Waals surface area (Å²) in [5.41, 5.74) is 13.3.